The lowest BCUT2D eigenvalue weighted by Crippen LogP contribution is -2.13. The van der Waals surface area contributed by atoms with Crippen LogP contribution in [0.3, 0.4) is 0 Å². The van der Waals surface area contributed by atoms with Gasteiger partial charge >= 0.3 is 5.97 Å². The molecule has 2 N–H and O–H groups in total. The van der Waals surface area contributed by atoms with Crippen molar-refractivity contribution in [2.24, 2.45) is 0 Å². The Hall–Kier alpha value is -2.56. The Morgan fingerprint density at radius 3 is 2.56 bits per heavy atom. The zero-order valence-electron chi connectivity index (χ0n) is 9.64. The number of hydrogen-bond donors (Lipinski definition) is 2. The fraction of sp³-hybridized carbons (Fsp3) is 0.0769. The molecule has 0 spiro atoms. The minimum atomic E-state index is -1.19. The quantitative estimate of drug-likeness (QED) is 0.863. The van der Waals surface area contributed by atoms with E-state index in [0.717, 1.165) is 0 Å². The second-order valence-electron chi connectivity index (χ2n) is 3.62. The SMILES string of the molecule is COc1ccccc1-c1ccc(=O)[nH]c1C(=O)O. The van der Waals surface area contributed by atoms with Crippen LogP contribution in [0.25, 0.3) is 11.1 Å². The van der Waals surface area contributed by atoms with Gasteiger partial charge in [-0.1, -0.05) is 18.2 Å². The molecule has 1 aromatic heterocycles. The molecule has 0 unspecified atom stereocenters. The lowest BCUT2D eigenvalue weighted by atomic mass is 10.0. The Labute approximate surface area is 103 Å². The van der Waals surface area contributed by atoms with E-state index < -0.39 is 11.5 Å². The van der Waals surface area contributed by atoms with E-state index in [1.807, 2.05) is 0 Å². The number of nitrogens with one attached hydrogen (secondary N) is 1. The largest absolute Gasteiger partial charge is 0.496 e. The highest BCUT2D eigenvalue weighted by atomic mass is 16.5. The van der Waals surface area contributed by atoms with Gasteiger partial charge in [-0.2, -0.15) is 0 Å². The van der Waals surface area contributed by atoms with Crippen molar-refractivity contribution in [3.05, 3.63) is 52.4 Å². The molecule has 0 amide bonds. The Balaban J connectivity index is 2.71. The maximum absolute atomic E-state index is 11.2. The molecule has 0 fully saturated rings. The van der Waals surface area contributed by atoms with Crippen molar-refractivity contribution in [3.63, 3.8) is 0 Å². The van der Waals surface area contributed by atoms with Gasteiger partial charge in [0.2, 0.25) is 5.56 Å². The number of carboxylic acid groups (broad SMARTS) is 1. The number of hydrogen-bond acceptors (Lipinski definition) is 3. The van der Waals surface area contributed by atoms with Crippen LogP contribution >= 0.6 is 0 Å². The fourth-order valence-corrected chi connectivity index (χ4v) is 1.73. The summed E-state index contributed by atoms with van der Waals surface area (Å²) in [4.78, 5) is 24.6. The molecule has 5 nitrogen and oxygen atoms in total. The number of carboxylic acids is 1. The van der Waals surface area contributed by atoms with E-state index in [1.54, 1.807) is 24.3 Å². The summed E-state index contributed by atoms with van der Waals surface area (Å²) in [6.07, 6.45) is 0. The highest BCUT2D eigenvalue weighted by Gasteiger charge is 2.15. The summed E-state index contributed by atoms with van der Waals surface area (Å²) in [6, 6.07) is 9.78. The van der Waals surface area contributed by atoms with E-state index in [1.165, 1.54) is 19.2 Å². The van der Waals surface area contributed by atoms with E-state index in [2.05, 4.69) is 4.98 Å². The molecule has 0 aliphatic rings. The van der Waals surface area contributed by atoms with Gasteiger partial charge in [-0.25, -0.2) is 4.79 Å². The number of benzene rings is 1. The molecule has 2 rings (SSSR count). The summed E-state index contributed by atoms with van der Waals surface area (Å²) in [5.41, 5.74) is 0.436. The number of aromatic amines is 1. The second-order valence-corrected chi connectivity index (χ2v) is 3.62. The van der Waals surface area contributed by atoms with Gasteiger partial charge < -0.3 is 14.8 Å². The monoisotopic (exact) mass is 245 g/mol. The second kappa shape index (κ2) is 4.75. The van der Waals surface area contributed by atoms with Crippen molar-refractivity contribution in [1.29, 1.82) is 0 Å². The first-order valence-corrected chi connectivity index (χ1v) is 5.23. The minimum absolute atomic E-state index is 0.146. The number of aromatic nitrogens is 1. The first kappa shape index (κ1) is 11.9. The molecule has 0 saturated carbocycles. The number of methoxy groups -OCH3 is 1. The van der Waals surface area contributed by atoms with Crippen molar-refractivity contribution in [1.82, 2.24) is 4.98 Å². The van der Waals surface area contributed by atoms with Crippen LogP contribution in [0.5, 0.6) is 5.75 Å². The predicted molar refractivity (Wildman–Crippen MR) is 66.0 cm³/mol. The smallest absolute Gasteiger partial charge is 0.353 e. The molecule has 1 aromatic carbocycles. The minimum Gasteiger partial charge on any atom is -0.496 e. The average molecular weight is 245 g/mol. The highest BCUT2D eigenvalue weighted by molar-refractivity contribution is 5.94. The molecule has 0 bridgehead atoms. The first-order chi connectivity index (χ1) is 8.63. The molecular weight excluding hydrogens is 234 g/mol. The van der Waals surface area contributed by atoms with Gasteiger partial charge in [0.15, 0.2) is 0 Å². The van der Waals surface area contributed by atoms with E-state index >= 15 is 0 Å². The Bertz CT molecular complexity index is 645. The summed E-state index contributed by atoms with van der Waals surface area (Å²) in [7, 11) is 1.50. The normalized spacial score (nSPS) is 10.1. The third-order valence-electron chi connectivity index (χ3n) is 2.53. The number of rotatable bonds is 3. The summed E-state index contributed by atoms with van der Waals surface area (Å²) in [6.45, 7) is 0. The van der Waals surface area contributed by atoms with E-state index in [4.69, 9.17) is 9.84 Å². The molecule has 92 valence electrons. The van der Waals surface area contributed by atoms with Gasteiger partial charge in [-0.3, -0.25) is 4.79 Å². The van der Waals surface area contributed by atoms with Crippen molar-refractivity contribution in [2.75, 3.05) is 7.11 Å². The molecule has 18 heavy (non-hydrogen) atoms. The van der Waals surface area contributed by atoms with Gasteiger partial charge in [-0.05, 0) is 12.1 Å². The molecule has 2 aromatic rings. The molecule has 5 heteroatoms. The molecule has 0 aliphatic carbocycles. The third kappa shape index (κ3) is 2.10. The summed E-state index contributed by atoms with van der Waals surface area (Å²) < 4.78 is 5.18. The van der Waals surface area contributed by atoms with Crippen LogP contribution in [0.15, 0.2) is 41.2 Å². The fourth-order valence-electron chi connectivity index (χ4n) is 1.73. The van der Waals surface area contributed by atoms with Crippen LogP contribution in [0.2, 0.25) is 0 Å². The Morgan fingerprint density at radius 2 is 1.89 bits per heavy atom. The third-order valence-corrected chi connectivity index (χ3v) is 2.53. The molecular formula is C13H11NO4. The van der Waals surface area contributed by atoms with Gasteiger partial charge in [0.1, 0.15) is 11.4 Å². The topological polar surface area (TPSA) is 79.4 Å². The van der Waals surface area contributed by atoms with E-state index in [0.29, 0.717) is 16.9 Å². The van der Waals surface area contributed by atoms with Crippen molar-refractivity contribution < 1.29 is 14.6 Å². The van der Waals surface area contributed by atoms with Crippen LogP contribution in [-0.2, 0) is 0 Å². The first-order valence-electron chi connectivity index (χ1n) is 5.23. The maximum Gasteiger partial charge on any atom is 0.353 e. The molecule has 0 atom stereocenters. The number of para-hydroxylation sites is 1. The molecule has 0 saturated heterocycles. The van der Waals surface area contributed by atoms with Crippen molar-refractivity contribution in [3.8, 4) is 16.9 Å². The maximum atomic E-state index is 11.2. The van der Waals surface area contributed by atoms with Gasteiger partial charge in [0.05, 0.1) is 7.11 Å². The lowest BCUT2D eigenvalue weighted by Gasteiger charge is -2.10. The van der Waals surface area contributed by atoms with Gasteiger partial charge in [0, 0.05) is 17.2 Å². The molecule has 1 heterocycles. The highest BCUT2D eigenvalue weighted by Crippen LogP contribution is 2.30. The number of pyridine rings is 1. The summed E-state index contributed by atoms with van der Waals surface area (Å²) in [5, 5.41) is 9.10. The van der Waals surface area contributed by atoms with E-state index in [9.17, 15) is 9.59 Å². The van der Waals surface area contributed by atoms with Crippen LogP contribution in [0.1, 0.15) is 10.5 Å². The summed E-state index contributed by atoms with van der Waals surface area (Å²) in [5.74, 6) is -0.638. The van der Waals surface area contributed by atoms with Crippen LogP contribution < -0.4 is 10.3 Å². The zero-order chi connectivity index (χ0) is 13.1. The van der Waals surface area contributed by atoms with E-state index in [-0.39, 0.29) is 5.69 Å². The number of carbonyl (C=O) groups is 1. The number of H-pyrrole nitrogens is 1. The van der Waals surface area contributed by atoms with Crippen LogP contribution in [-0.4, -0.2) is 23.2 Å². The molecule has 0 aliphatic heterocycles. The van der Waals surface area contributed by atoms with Gasteiger partial charge in [-0.15, -0.1) is 0 Å². The standard InChI is InChI=1S/C13H11NO4/c1-18-10-5-3-2-4-8(10)9-6-7-11(15)14-12(9)13(16)17/h2-7H,1H3,(H,14,15)(H,16,17). The number of aromatic carboxylic acids is 1. The lowest BCUT2D eigenvalue weighted by molar-refractivity contribution is 0.0691. The number of ether oxygens (including phenoxy) is 1. The van der Waals surface area contributed by atoms with Crippen molar-refractivity contribution >= 4 is 5.97 Å². The zero-order valence-corrected chi connectivity index (χ0v) is 9.64. The van der Waals surface area contributed by atoms with Gasteiger partial charge in [0.25, 0.3) is 0 Å². The van der Waals surface area contributed by atoms with Crippen molar-refractivity contribution in [2.45, 2.75) is 0 Å². The van der Waals surface area contributed by atoms with Crippen LogP contribution in [0.4, 0.5) is 0 Å². The van der Waals surface area contributed by atoms with Crippen LogP contribution in [0, 0.1) is 0 Å². The average Bonchev–Trinajstić information content (AvgIpc) is 2.38. The Morgan fingerprint density at radius 1 is 1.17 bits per heavy atom. The summed E-state index contributed by atoms with van der Waals surface area (Å²) >= 11 is 0. The molecule has 0 radical (unpaired) electrons. The Kier molecular flexibility index (Phi) is 3.14. The predicted octanol–water partition coefficient (Wildman–Crippen LogP) is 1.75.